The SMILES string of the molecule is CCn1c(=O)c(C(=O)COC(=O)Cn2c(=O)oc3ccccc32)c(N)n(Cc2ccccc2)c1=O. The van der Waals surface area contributed by atoms with Gasteiger partial charge in [-0.05, 0) is 24.6 Å². The first-order valence-electron chi connectivity index (χ1n) is 10.8. The topological polar surface area (TPSA) is 149 Å². The Hall–Kier alpha value is -4.67. The van der Waals surface area contributed by atoms with Crippen LogP contribution >= 0.6 is 0 Å². The van der Waals surface area contributed by atoms with Gasteiger partial charge in [-0.25, -0.2) is 9.59 Å². The molecule has 0 amide bonds. The summed E-state index contributed by atoms with van der Waals surface area (Å²) in [5.41, 5.74) is 5.56. The standard InChI is InChI=1S/C24H22N4O7/c1-2-26-22(31)20(21(25)28(23(26)32)12-15-8-4-3-5-9-15)17(29)14-34-19(30)13-27-16-10-6-7-11-18(16)35-24(27)33/h3-11H,2,12-14,25H2,1H3. The Morgan fingerprint density at radius 3 is 2.34 bits per heavy atom. The Labute approximate surface area is 197 Å². The Kier molecular flexibility index (Phi) is 6.49. The van der Waals surface area contributed by atoms with Gasteiger partial charge in [-0.1, -0.05) is 42.5 Å². The number of hydrogen-bond acceptors (Lipinski definition) is 8. The number of esters is 1. The van der Waals surface area contributed by atoms with Crippen molar-refractivity contribution < 1.29 is 18.7 Å². The van der Waals surface area contributed by atoms with Crippen LogP contribution in [0.25, 0.3) is 11.1 Å². The molecule has 0 unspecified atom stereocenters. The van der Waals surface area contributed by atoms with Crippen molar-refractivity contribution in [3.05, 3.63) is 97.1 Å². The number of nitrogen functional groups attached to an aromatic ring is 1. The lowest BCUT2D eigenvalue weighted by Gasteiger charge is -2.16. The summed E-state index contributed by atoms with van der Waals surface area (Å²) >= 11 is 0. The largest absolute Gasteiger partial charge is 0.456 e. The molecule has 2 aromatic carbocycles. The highest BCUT2D eigenvalue weighted by atomic mass is 16.5. The van der Waals surface area contributed by atoms with Crippen molar-refractivity contribution >= 4 is 28.7 Å². The van der Waals surface area contributed by atoms with Gasteiger partial charge in [0.1, 0.15) is 17.9 Å². The van der Waals surface area contributed by atoms with Crippen LogP contribution in [0.1, 0.15) is 22.8 Å². The molecule has 0 radical (unpaired) electrons. The fraction of sp³-hybridized carbons (Fsp3) is 0.208. The van der Waals surface area contributed by atoms with Crippen LogP contribution in [0.4, 0.5) is 5.82 Å². The summed E-state index contributed by atoms with van der Waals surface area (Å²) in [7, 11) is 0. The second-order valence-electron chi connectivity index (χ2n) is 7.67. The summed E-state index contributed by atoms with van der Waals surface area (Å²) in [5.74, 6) is -2.82. The molecule has 0 saturated heterocycles. The molecule has 11 heteroatoms. The zero-order valence-electron chi connectivity index (χ0n) is 18.8. The van der Waals surface area contributed by atoms with Gasteiger partial charge in [-0.15, -0.1) is 0 Å². The smallest absolute Gasteiger partial charge is 0.420 e. The lowest BCUT2D eigenvalue weighted by molar-refractivity contribution is -0.143. The first-order valence-corrected chi connectivity index (χ1v) is 10.8. The van der Waals surface area contributed by atoms with Crippen molar-refractivity contribution in [1.82, 2.24) is 13.7 Å². The average Bonchev–Trinajstić information content (AvgIpc) is 3.16. The van der Waals surface area contributed by atoms with Crippen molar-refractivity contribution in [3.63, 3.8) is 0 Å². The van der Waals surface area contributed by atoms with Gasteiger partial charge in [0.25, 0.3) is 5.56 Å². The van der Waals surface area contributed by atoms with Crippen LogP contribution in [-0.2, 0) is 29.2 Å². The molecule has 2 N–H and O–H groups in total. The fourth-order valence-electron chi connectivity index (χ4n) is 3.73. The van der Waals surface area contributed by atoms with Gasteiger partial charge in [0.2, 0.25) is 5.78 Å². The Morgan fingerprint density at radius 2 is 1.63 bits per heavy atom. The highest BCUT2D eigenvalue weighted by Gasteiger charge is 2.24. The summed E-state index contributed by atoms with van der Waals surface area (Å²) in [5, 5.41) is 0. The highest BCUT2D eigenvalue weighted by molar-refractivity contribution is 6.01. The van der Waals surface area contributed by atoms with E-state index >= 15 is 0 Å². The van der Waals surface area contributed by atoms with E-state index in [0.717, 1.165) is 19.3 Å². The third kappa shape index (κ3) is 4.56. The van der Waals surface area contributed by atoms with Crippen LogP contribution in [0.5, 0.6) is 0 Å². The maximum absolute atomic E-state index is 12.9. The van der Waals surface area contributed by atoms with E-state index in [1.807, 2.05) is 6.07 Å². The van der Waals surface area contributed by atoms with Gasteiger partial charge < -0.3 is 14.9 Å². The van der Waals surface area contributed by atoms with Crippen molar-refractivity contribution in [3.8, 4) is 0 Å². The van der Waals surface area contributed by atoms with E-state index in [9.17, 15) is 24.0 Å². The summed E-state index contributed by atoms with van der Waals surface area (Å²) in [4.78, 5) is 62.9. The van der Waals surface area contributed by atoms with E-state index in [4.69, 9.17) is 14.9 Å². The number of nitrogens with two attached hydrogens (primary N) is 1. The monoisotopic (exact) mass is 478 g/mol. The minimum absolute atomic E-state index is 0.0171. The molecule has 4 rings (SSSR count). The normalized spacial score (nSPS) is 11.0. The molecule has 180 valence electrons. The third-order valence-corrected chi connectivity index (χ3v) is 5.47. The number of carbonyl (C=O) groups is 2. The van der Waals surface area contributed by atoms with Gasteiger partial charge in [0.05, 0.1) is 12.1 Å². The number of rotatable bonds is 8. The summed E-state index contributed by atoms with van der Waals surface area (Å²) < 4.78 is 13.2. The van der Waals surface area contributed by atoms with Gasteiger partial charge in [-0.3, -0.25) is 28.1 Å². The molecule has 0 aliphatic heterocycles. The molecule has 2 heterocycles. The van der Waals surface area contributed by atoms with Gasteiger partial charge in [0, 0.05) is 6.54 Å². The van der Waals surface area contributed by atoms with E-state index in [0.29, 0.717) is 11.1 Å². The number of benzene rings is 2. The Balaban J connectivity index is 1.58. The van der Waals surface area contributed by atoms with E-state index in [-0.39, 0.29) is 18.9 Å². The number of aromatic nitrogens is 3. The number of para-hydroxylation sites is 2. The number of hydrogen-bond donors (Lipinski definition) is 1. The number of ketones is 1. The van der Waals surface area contributed by atoms with Crippen LogP contribution in [0, 0.1) is 0 Å². The van der Waals surface area contributed by atoms with E-state index in [2.05, 4.69) is 0 Å². The zero-order valence-corrected chi connectivity index (χ0v) is 18.8. The molecule has 0 saturated carbocycles. The second kappa shape index (κ2) is 9.67. The van der Waals surface area contributed by atoms with Crippen LogP contribution in [-0.4, -0.2) is 32.1 Å². The number of Topliss-reactive ketones (excluding diaryl/α,β-unsaturated/α-hetero) is 1. The Bertz CT molecular complexity index is 1590. The van der Waals surface area contributed by atoms with Crippen molar-refractivity contribution in [2.45, 2.75) is 26.6 Å². The molecule has 0 aliphatic rings. The molecule has 0 bridgehead atoms. The third-order valence-electron chi connectivity index (χ3n) is 5.47. The van der Waals surface area contributed by atoms with Crippen LogP contribution in [0.3, 0.4) is 0 Å². The van der Waals surface area contributed by atoms with E-state index < -0.39 is 47.5 Å². The summed E-state index contributed by atoms with van der Waals surface area (Å²) in [6.07, 6.45) is 0. The minimum Gasteiger partial charge on any atom is -0.456 e. The molecular weight excluding hydrogens is 456 g/mol. The zero-order chi connectivity index (χ0) is 25.1. The number of anilines is 1. The lowest BCUT2D eigenvalue weighted by atomic mass is 10.2. The van der Waals surface area contributed by atoms with Crippen LogP contribution < -0.4 is 22.7 Å². The van der Waals surface area contributed by atoms with E-state index in [1.54, 1.807) is 55.5 Å². The first kappa shape index (κ1) is 23.5. The molecule has 0 fully saturated rings. The molecule has 0 atom stereocenters. The number of nitrogens with zero attached hydrogens (tertiary/aromatic N) is 3. The van der Waals surface area contributed by atoms with Gasteiger partial charge in [-0.2, -0.15) is 0 Å². The molecule has 2 aromatic heterocycles. The van der Waals surface area contributed by atoms with Crippen molar-refractivity contribution in [2.24, 2.45) is 0 Å². The van der Waals surface area contributed by atoms with E-state index in [1.165, 1.54) is 0 Å². The minimum atomic E-state index is -0.890. The fourth-order valence-corrected chi connectivity index (χ4v) is 3.73. The number of carbonyl (C=O) groups excluding carboxylic acids is 2. The predicted octanol–water partition coefficient (Wildman–Crippen LogP) is 0.994. The van der Waals surface area contributed by atoms with Crippen LogP contribution in [0.15, 0.2) is 73.4 Å². The maximum Gasteiger partial charge on any atom is 0.420 e. The first-order chi connectivity index (χ1) is 16.8. The maximum atomic E-state index is 12.9. The molecule has 4 aromatic rings. The molecule has 35 heavy (non-hydrogen) atoms. The molecule has 11 nitrogen and oxygen atoms in total. The Morgan fingerprint density at radius 1 is 0.943 bits per heavy atom. The quantitative estimate of drug-likeness (QED) is 0.291. The average molecular weight is 478 g/mol. The van der Waals surface area contributed by atoms with Gasteiger partial charge in [0.15, 0.2) is 12.2 Å². The molecular formula is C24H22N4O7. The lowest BCUT2D eigenvalue weighted by Crippen LogP contribution is -2.44. The second-order valence-corrected chi connectivity index (χ2v) is 7.67. The molecule has 0 spiro atoms. The summed E-state index contributed by atoms with van der Waals surface area (Å²) in [6, 6.07) is 15.5. The van der Waals surface area contributed by atoms with Crippen molar-refractivity contribution in [1.29, 1.82) is 0 Å². The van der Waals surface area contributed by atoms with Crippen LogP contribution in [0.2, 0.25) is 0 Å². The highest BCUT2D eigenvalue weighted by Crippen LogP contribution is 2.12. The summed E-state index contributed by atoms with van der Waals surface area (Å²) in [6.45, 7) is 0.361. The van der Waals surface area contributed by atoms with Crippen molar-refractivity contribution in [2.75, 3.05) is 12.3 Å². The predicted molar refractivity (Wildman–Crippen MR) is 126 cm³/mol. The molecule has 0 aliphatic carbocycles. The number of ether oxygens (including phenoxy) is 1. The number of oxazole rings is 1. The number of fused-ring (bicyclic) bond motifs is 1. The van der Waals surface area contributed by atoms with Gasteiger partial charge >= 0.3 is 17.4 Å².